The average molecular weight is 352 g/mol. The number of halogens is 5. The number of hydrogen-bond acceptors (Lipinski definition) is 1. The fourth-order valence-corrected chi connectivity index (χ4v) is 2.58. The Morgan fingerprint density at radius 1 is 0.667 bits per heavy atom. The van der Waals surface area contributed by atoms with Gasteiger partial charge in [-0.1, -0.05) is 52.4 Å². The molecule has 0 aliphatic heterocycles. The topological polar surface area (TPSA) is 9.23 Å². The highest BCUT2D eigenvalue weighted by atomic mass is 19.2. The van der Waals surface area contributed by atoms with Crippen molar-refractivity contribution < 1.29 is 26.7 Å². The van der Waals surface area contributed by atoms with Gasteiger partial charge in [0.25, 0.3) is 0 Å². The van der Waals surface area contributed by atoms with E-state index >= 15 is 0 Å². The van der Waals surface area contributed by atoms with Crippen LogP contribution in [-0.4, -0.2) is 6.61 Å². The van der Waals surface area contributed by atoms with Crippen LogP contribution in [0.3, 0.4) is 0 Å². The molecule has 0 fully saturated rings. The number of unbranched alkanes of at least 4 members (excludes halogenated alkanes) is 4. The van der Waals surface area contributed by atoms with Gasteiger partial charge in [0.1, 0.15) is 0 Å². The van der Waals surface area contributed by atoms with Crippen molar-refractivity contribution in [2.75, 3.05) is 6.61 Å². The second-order valence-electron chi connectivity index (χ2n) is 6.07. The molecule has 138 valence electrons. The van der Waals surface area contributed by atoms with E-state index < -0.39 is 34.8 Å². The van der Waals surface area contributed by atoms with Gasteiger partial charge < -0.3 is 4.74 Å². The molecule has 0 aliphatic carbocycles. The molecule has 0 saturated heterocycles. The minimum atomic E-state index is -2.17. The predicted octanol–water partition coefficient (Wildman–Crippen LogP) is 6.54. The Kier molecular flexibility index (Phi) is 9.08. The zero-order valence-electron chi connectivity index (χ0n) is 14.2. The van der Waals surface area contributed by atoms with Crippen LogP contribution in [0.15, 0.2) is 0 Å². The summed E-state index contributed by atoms with van der Waals surface area (Å²) in [6.07, 6.45) is 7.74. The molecule has 0 amide bonds. The summed E-state index contributed by atoms with van der Waals surface area (Å²) in [5.74, 6) is -11.1. The van der Waals surface area contributed by atoms with Crippen molar-refractivity contribution in [3.05, 3.63) is 29.1 Å². The molecule has 6 heteroatoms. The van der Waals surface area contributed by atoms with Crippen LogP contribution in [0.5, 0.6) is 5.75 Å². The quantitative estimate of drug-likeness (QED) is 0.190. The summed E-state index contributed by atoms with van der Waals surface area (Å²) in [4.78, 5) is 0. The van der Waals surface area contributed by atoms with Crippen molar-refractivity contribution in [1.82, 2.24) is 0 Å². The van der Waals surface area contributed by atoms with Crippen LogP contribution in [0.25, 0.3) is 0 Å². The van der Waals surface area contributed by atoms with E-state index in [1.165, 1.54) is 0 Å². The number of rotatable bonds is 11. The smallest absolute Gasteiger partial charge is 0.206 e. The Labute approximate surface area is 140 Å². The zero-order valence-corrected chi connectivity index (χ0v) is 14.2. The summed E-state index contributed by atoms with van der Waals surface area (Å²) in [6, 6.07) is 0. The summed E-state index contributed by atoms with van der Waals surface area (Å²) >= 11 is 0. The summed E-state index contributed by atoms with van der Waals surface area (Å²) < 4.78 is 71.6. The highest BCUT2D eigenvalue weighted by Crippen LogP contribution is 2.30. The van der Waals surface area contributed by atoms with Crippen LogP contribution in [0.1, 0.15) is 65.2 Å². The fraction of sp³-hybridized carbons (Fsp3) is 0.667. The van der Waals surface area contributed by atoms with Crippen molar-refractivity contribution in [2.24, 2.45) is 5.92 Å². The number of benzene rings is 1. The standard InChI is InChI=1S/C18H25F5O/c1-3-5-7-8-10-12(9-6-4-2)11-24-18-16(22)14(20)13(19)15(21)17(18)23/h12H,3-11H2,1-2H3. The molecule has 0 bridgehead atoms. The van der Waals surface area contributed by atoms with Gasteiger partial charge >= 0.3 is 0 Å². The zero-order chi connectivity index (χ0) is 18.1. The third-order valence-corrected chi connectivity index (χ3v) is 4.06. The molecular weight excluding hydrogens is 327 g/mol. The second-order valence-corrected chi connectivity index (χ2v) is 6.07. The van der Waals surface area contributed by atoms with Crippen molar-refractivity contribution >= 4 is 0 Å². The summed E-state index contributed by atoms with van der Waals surface area (Å²) in [5.41, 5.74) is 0. The van der Waals surface area contributed by atoms with E-state index in [0.717, 1.165) is 51.4 Å². The predicted molar refractivity (Wildman–Crippen MR) is 83.5 cm³/mol. The van der Waals surface area contributed by atoms with E-state index in [4.69, 9.17) is 4.74 Å². The van der Waals surface area contributed by atoms with Gasteiger partial charge in [0, 0.05) is 0 Å². The second kappa shape index (κ2) is 10.5. The van der Waals surface area contributed by atoms with Gasteiger partial charge in [-0.25, -0.2) is 13.2 Å². The lowest BCUT2D eigenvalue weighted by molar-refractivity contribution is 0.201. The first kappa shape index (κ1) is 20.7. The van der Waals surface area contributed by atoms with E-state index in [9.17, 15) is 22.0 Å². The van der Waals surface area contributed by atoms with Gasteiger partial charge in [0.15, 0.2) is 5.75 Å². The monoisotopic (exact) mass is 352 g/mol. The maximum absolute atomic E-state index is 13.6. The molecule has 0 spiro atoms. The Hall–Kier alpha value is -1.33. The molecule has 1 rings (SSSR count). The van der Waals surface area contributed by atoms with Crippen LogP contribution in [0, 0.1) is 35.0 Å². The van der Waals surface area contributed by atoms with E-state index in [-0.39, 0.29) is 12.5 Å². The van der Waals surface area contributed by atoms with Crippen LogP contribution < -0.4 is 4.74 Å². The van der Waals surface area contributed by atoms with Gasteiger partial charge in [-0.15, -0.1) is 0 Å². The lowest BCUT2D eigenvalue weighted by atomic mass is 9.96. The fourth-order valence-electron chi connectivity index (χ4n) is 2.58. The van der Waals surface area contributed by atoms with Gasteiger partial charge in [0.2, 0.25) is 29.1 Å². The maximum atomic E-state index is 13.6. The van der Waals surface area contributed by atoms with Crippen molar-refractivity contribution in [1.29, 1.82) is 0 Å². The van der Waals surface area contributed by atoms with Gasteiger partial charge in [-0.2, -0.15) is 8.78 Å². The van der Waals surface area contributed by atoms with Crippen molar-refractivity contribution in [3.8, 4) is 5.75 Å². The average Bonchev–Trinajstić information content (AvgIpc) is 2.58. The molecule has 0 N–H and O–H groups in total. The van der Waals surface area contributed by atoms with E-state index in [2.05, 4.69) is 6.92 Å². The van der Waals surface area contributed by atoms with E-state index in [1.54, 1.807) is 0 Å². The molecule has 1 atom stereocenters. The molecule has 0 aromatic heterocycles. The first-order valence-corrected chi connectivity index (χ1v) is 8.58. The third-order valence-electron chi connectivity index (χ3n) is 4.06. The molecule has 1 nitrogen and oxygen atoms in total. The van der Waals surface area contributed by atoms with Crippen LogP contribution in [-0.2, 0) is 0 Å². The summed E-state index contributed by atoms with van der Waals surface area (Å²) in [7, 11) is 0. The minimum absolute atomic E-state index is 0.0387. The summed E-state index contributed by atoms with van der Waals surface area (Å²) in [6.45, 7) is 4.07. The van der Waals surface area contributed by atoms with Crippen molar-refractivity contribution in [2.45, 2.75) is 65.2 Å². The highest BCUT2D eigenvalue weighted by molar-refractivity contribution is 5.29. The SMILES string of the molecule is CCCCCCC(CCCC)COc1c(F)c(F)c(F)c(F)c1F. The van der Waals surface area contributed by atoms with Gasteiger partial charge in [0.05, 0.1) is 6.61 Å². The van der Waals surface area contributed by atoms with Crippen molar-refractivity contribution in [3.63, 3.8) is 0 Å². The molecule has 0 heterocycles. The summed E-state index contributed by atoms with van der Waals surface area (Å²) in [5, 5.41) is 0. The Morgan fingerprint density at radius 3 is 1.71 bits per heavy atom. The first-order chi connectivity index (χ1) is 11.4. The highest BCUT2D eigenvalue weighted by Gasteiger charge is 2.27. The van der Waals surface area contributed by atoms with Crippen LogP contribution in [0.2, 0.25) is 0 Å². The lowest BCUT2D eigenvalue weighted by Crippen LogP contribution is -2.15. The van der Waals surface area contributed by atoms with E-state index in [0.29, 0.717) is 0 Å². The Balaban J connectivity index is 2.75. The maximum Gasteiger partial charge on any atom is 0.206 e. The Bertz CT molecular complexity index is 490. The molecule has 1 unspecified atom stereocenters. The molecule has 24 heavy (non-hydrogen) atoms. The Morgan fingerprint density at radius 2 is 1.17 bits per heavy atom. The van der Waals surface area contributed by atoms with E-state index in [1.807, 2.05) is 6.92 Å². The van der Waals surface area contributed by atoms with Crippen LogP contribution >= 0.6 is 0 Å². The molecule has 1 aromatic carbocycles. The number of hydrogen-bond donors (Lipinski definition) is 0. The molecule has 0 saturated carbocycles. The molecule has 0 aliphatic rings. The molecule has 1 aromatic rings. The molecular formula is C18H25F5O. The van der Waals surface area contributed by atoms with Crippen LogP contribution in [0.4, 0.5) is 22.0 Å². The van der Waals surface area contributed by atoms with Gasteiger partial charge in [-0.3, -0.25) is 0 Å². The normalized spacial score (nSPS) is 12.5. The lowest BCUT2D eigenvalue weighted by Gasteiger charge is -2.18. The number of ether oxygens (including phenoxy) is 1. The minimum Gasteiger partial charge on any atom is -0.487 e. The van der Waals surface area contributed by atoms with Gasteiger partial charge in [-0.05, 0) is 18.8 Å². The molecule has 0 radical (unpaired) electrons. The largest absolute Gasteiger partial charge is 0.487 e. The third kappa shape index (κ3) is 5.64. The first-order valence-electron chi connectivity index (χ1n) is 8.58.